The third-order valence-corrected chi connectivity index (χ3v) is 3.97. The summed E-state index contributed by atoms with van der Waals surface area (Å²) in [5.74, 6) is 2.19. The summed E-state index contributed by atoms with van der Waals surface area (Å²) in [6, 6.07) is 5.76. The number of ether oxygens (including phenoxy) is 1. The molecule has 0 fully saturated rings. The van der Waals surface area contributed by atoms with Gasteiger partial charge in [-0.2, -0.15) is 0 Å². The fourth-order valence-electron chi connectivity index (χ4n) is 2.75. The number of fused-ring (bicyclic) bond motifs is 1. The molecule has 0 spiro atoms. The van der Waals surface area contributed by atoms with Crippen molar-refractivity contribution >= 4 is 5.69 Å². The number of nitrogens with one attached hydrogen (secondary N) is 1. The molecule has 2 aromatic rings. The standard InChI is InChI=1S/C17H22N2O3/c1-10-11(2)21-15(19-10)9-18-13-7-5-6-12-14(20)8-17(3,4)22-16(12)13/h5-7,14,18,20H,8-9H2,1-4H3. The first-order valence-corrected chi connectivity index (χ1v) is 7.52. The van der Waals surface area contributed by atoms with Crippen LogP contribution in [-0.4, -0.2) is 15.7 Å². The molecule has 0 amide bonds. The van der Waals surface area contributed by atoms with Crippen molar-refractivity contribution in [3.8, 4) is 5.75 Å². The van der Waals surface area contributed by atoms with Crippen molar-refractivity contribution in [1.29, 1.82) is 0 Å². The number of aryl methyl sites for hydroxylation is 2. The lowest BCUT2D eigenvalue weighted by molar-refractivity contribution is 0.0122. The van der Waals surface area contributed by atoms with Crippen LogP contribution in [0, 0.1) is 13.8 Å². The van der Waals surface area contributed by atoms with Gasteiger partial charge in [0.1, 0.15) is 17.1 Å². The molecule has 5 heteroatoms. The predicted octanol–water partition coefficient (Wildman–Crippen LogP) is 3.50. The maximum Gasteiger partial charge on any atom is 0.213 e. The summed E-state index contributed by atoms with van der Waals surface area (Å²) < 4.78 is 11.6. The van der Waals surface area contributed by atoms with E-state index in [9.17, 15) is 5.11 Å². The van der Waals surface area contributed by atoms with Gasteiger partial charge in [-0.25, -0.2) is 4.98 Å². The van der Waals surface area contributed by atoms with Gasteiger partial charge < -0.3 is 19.6 Å². The van der Waals surface area contributed by atoms with E-state index in [2.05, 4.69) is 10.3 Å². The lowest BCUT2D eigenvalue weighted by atomic mass is 9.91. The maximum atomic E-state index is 10.3. The van der Waals surface area contributed by atoms with Crippen molar-refractivity contribution in [2.75, 3.05) is 5.32 Å². The summed E-state index contributed by atoms with van der Waals surface area (Å²) in [7, 11) is 0. The number of hydrogen-bond acceptors (Lipinski definition) is 5. The number of aliphatic hydroxyl groups excluding tert-OH is 1. The molecular weight excluding hydrogens is 280 g/mol. The van der Waals surface area contributed by atoms with Gasteiger partial charge >= 0.3 is 0 Å². The van der Waals surface area contributed by atoms with Crippen molar-refractivity contribution in [3.05, 3.63) is 41.1 Å². The van der Waals surface area contributed by atoms with E-state index in [1.807, 2.05) is 45.9 Å². The predicted molar refractivity (Wildman–Crippen MR) is 84.0 cm³/mol. The molecule has 118 valence electrons. The summed E-state index contributed by atoms with van der Waals surface area (Å²) in [6.45, 7) is 8.27. The first-order chi connectivity index (χ1) is 10.4. The Kier molecular flexibility index (Phi) is 3.60. The van der Waals surface area contributed by atoms with Gasteiger partial charge in [0.05, 0.1) is 24.0 Å². The lowest BCUT2D eigenvalue weighted by Gasteiger charge is -2.36. The molecule has 0 bridgehead atoms. The number of rotatable bonds is 3. The highest BCUT2D eigenvalue weighted by atomic mass is 16.5. The van der Waals surface area contributed by atoms with Crippen LogP contribution >= 0.6 is 0 Å². The third kappa shape index (κ3) is 2.81. The average Bonchev–Trinajstić information content (AvgIpc) is 2.74. The zero-order valence-electron chi connectivity index (χ0n) is 13.4. The van der Waals surface area contributed by atoms with Crippen LogP contribution in [0.5, 0.6) is 5.75 Å². The molecule has 0 radical (unpaired) electrons. The summed E-state index contributed by atoms with van der Waals surface area (Å²) in [5, 5.41) is 13.6. The Hall–Kier alpha value is -2.01. The molecule has 5 nitrogen and oxygen atoms in total. The van der Waals surface area contributed by atoms with E-state index in [4.69, 9.17) is 9.15 Å². The van der Waals surface area contributed by atoms with Crippen LogP contribution in [0.25, 0.3) is 0 Å². The molecule has 0 aliphatic carbocycles. The van der Waals surface area contributed by atoms with Crippen LogP contribution < -0.4 is 10.1 Å². The number of aromatic nitrogens is 1. The summed E-state index contributed by atoms with van der Waals surface area (Å²) in [6.07, 6.45) is 0.0772. The molecule has 1 aromatic heterocycles. The van der Waals surface area contributed by atoms with Crippen molar-refractivity contribution in [2.45, 2.75) is 52.4 Å². The minimum Gasteiger partial charge on any atom is -0.485 e. The van der Waals surface area contributed by atoms with E-state index in [0.29, 0.717) is 24.6 Å². The fraction of sp³-hybridized carbons (Fsp3) is 0.471. The van der Waals surface area contributed by atoms with Crippen molar-refractivity contribution < 1.29 is 14.3 Å². The van der Waals surface area contributed by atoms with Gasteiger partial charge in [0.2, 0.25) is 5.89 Å². The van der Waals surface area contributed by atoms with Gasteiger partial charge in [-0.1, -0.05) is 12.1 Å². The van der Waals surface area contributed by atoms with E-state index < -0.39 is 6.10 Å². The number of oxazole rings is 1. The monoisotopic (exact) mass is 302 g/mol. The SMILES string of the molecule is Cc1nc(CNc2cccc3c2OC(C)(C)CC3O)oc1C. The lowest BCUT2D eigenvalue weighted by Crippen LogP contribution is -2.35. The molecule has 0 saturated heterocycles. The van der Waals surface area contributed by atoms with Crippen LogP contribution in [0.15, 0.2) is 22.6 Å². The number of aliphatic hydroxyl groups is 1. The summed E-state index contributed by atoms with van der Waals surface area (Å²) >= 11 is 0. The Labute approximate surface area is 130 Å². The third-order valence-electron chi connectivity index (χ3n) is 3.97. The normalized spacial score (nSPS) is 19.4. The van der Waals surface area contributed by atoms with Crippen LogP contribution in [0.1, 0.15) is 49.3 Å². The zero-order valence-corrected chi connectivity index (χ0v) is 13.4. The second-order valence-corrected chi connectivity index (χ2v) is 6.41. The molecule has 1 unspecified atom stereocenters. The number of hydrogen-bond donors (Lipinski definition) is 2. The van der Waals surface area contributed by atoms with Crippen LogP contribution in [-0.2, 0) is 6.54 Å². The molecule has 0 saturated carbocycles. The second-order valence-electron chi connectivity index (χ2n) is 6.41. The van der Waals surface area contributed by atoms with E-state index in [1.165, 1.54) is 0 Å². The quantitative estimate of drug-likeness (QED) is 0.908. The Morgan fingerprint density at radius 2 is 2.14 bits per heavy atom. The number of para-hydroxylation sites is 1. The smallest absolute Gasteiger partial charge is 0.213 e. The van der Waals surface area contributed by atoms with Crippen molar-refractivity contribution in [3.63, 3.8) is 0 Å². The van der Waals surface area contributed by atoms with Gasteiger partial charge in [0.15, 0.2) is 0 Å². The average molecular weight is 302 g/mol. The van der Waals surface area contributed by atoms with Crippen molar-refractivity contribution in [1.82, 2.24) is 4.98 Å². The van der Waals surface area contributed by atoms with Crippen LogP contribution in [0.4, 0.5) is 5.69 Å². The van der Waals surface area contributed by atoms with E-state index in [0.717, 1.165) is 22.7 Å². The van der Waals surface area contributed by atoms with Gasteiger partial charge in [-0.15, -0.1) is 0 Å². The Balaban J connectivity index is 1.84. The second kappa shape index (κ2) is 5.32. The minimum absolute atomic E-state index is 0.389. The molecule has 1 aliphatic rings. The van der Waals surface area contributed by atoms with E-state index >= 15 is 0 Å². The van der Waals surface area contributed by atoms with Gasteiger partial charge in [-0.3, -0.25) is 0 Å². The van der Waals surface area contributed by atoms with E-state index in [-0.39, 0.29) is 5.60 Å². The topological polar surface area (TPSA) is 67.5 Å². The highest BCUT2D eigenvalue weighted by Crippen LogP contribution is 2.43. The molecule has 1 aromatic carbocycles. The zero-order chi connectivity index (χ0) is 15.9. The van der Waals surface area contributed by atoms with E-state index in [1.54, 1.807) is 0 Å². The number of nitrogens with zero attached hydrogens (tertiary/aromatic N) is 1. The highest BCUT2D eigenvalue weighted by Gasteiger charge is 2.34. The molecular formula is C17H22N2O3. The maximum absolute atomic E-state index is 10.3. The van der Waals surface area contributed by atoms with Gasteiger partial charge in [0.25, 0.3) is 0 Å². The molecule has 22 heavy (non-hydrogen) atoms. The Morgan fingerprint density at radius 1 is 1.36 bits per heavy atom. The Morgan fingerprint density at radius 3 is 2.82 bits per heavy atom. The van der Waals surface area contributed by atoms with Gasteiger partial charge in [-0.05, 0) is 33.8 Å². The molecule has 3 rings (SSSR count). The first-order valence-electron chi connectivity index (χ1n) is 7.52. The molecule has 1 atom stereocenters. The minimum atomic E-state index is -0.508. The molecule has 2 heterocycles. The molecule has 2 N–H and O–H groups in total. The fourth-order valence-corrected chi connectivity index (χ4v) is 2.75. The van der Waals surface area contributed by atoms with Crippen LogP contribution in [0.3, 0.4) is 0 Å². The highest BCUT2D eigenvalue weighted by molar-refractivity contribution is 5.61. The largest absolute Gasteiger partial charge is 0.485 e. The van der Waals surface area contributed by atoms with Gasteiger partial charge in [0, 0.05) is 12.0 Å². The number of benzene rings is 1. The Bertz CT molecular complexity index is 672. The number of anilines is 1. The van der Waals surface area contributed by atoms with Crippen molar-refractivity contribution in [2.24, 2.45) is 0 Å². The first kappa shape index (κ1) is 14.9. The van der Waals surface area contributed by atoms with Crippen LogP contribution in [0.2, 0.25) is 0 Å². The summed E-state index contributed by atoms with van der Waals surface area (Å²) in [4.78, 5) is 4.36. The summed E-state index contributed by atoms with van der Waals surface area (Å²) in [5.41, 5.74) is 2.18. The molecule has 1 aliphatic heterocycles.